The minimum Gasteiger partial charge on any atom is -0.489 e. The van der Waals surface area contributed by atoms with Gasteiger partial charge in [0.2, 0.25) is 17.8 Å². The number of rotatable bonds is 8. The molecule has 0 unspecified atom stereocenters. The van der Waals surface area contributed by atoms with Crippen LogP contribution in [-0.4, -0.2) is 47.3 Å². The molecule has 0 amide bonds. The molecular weight excluding hydrogens is 433 g/mol. The Morgan fingerprint density at radius 1 is 0.882 bits per heavy atom. The lowest BCUT2D eigenvalue weighted by Crippen LogP contribution is -2.25. The molecule has 0 spiro atoms. The van der Waals surface area contributed by atoms with E-state index in [1.165, 1.54) is 12.1 Å². The first-order valence-corrected chi connectivity index (χ1v) is 11.8. The summed E-state index contributed by atoms with van der Waals surface area (Å²) < 4.78 is 18.9. The number of anilines is 3. The summed E-state index contributed by atoms with van der Waals surface area (Å²) in [7, 11) is 0. The van der Waals surface area contributed by atoms with Crippen LogP contribution in [0.25, 0.3) is 0 Å². The summed E-state index contributed by atoms with van der Waals surface area (Å²) in [5, 5.41) is 4.35. The molecule has 3 heterocycles. The quantitative estimate of drug-likeness (QED) is 0.397. The summed E-state index contributed by atoms with van der Waals surface area (Å²) in [5.74, 6) is 2.32. The lowest BCUT2D eigenvalue weighted by atomic mass is 10.2. The van der Waals surface area contributed by atoms with E-state index in [2.05, 4.69) is 30.3 Å². The topological polar surface area (TPSA) is 78.8 Å². The minimum atomic E-state index is -0.257. The van der Waals surface area contributed by atoms with Gasteiger partial charge in [0.25, 0.3) is 0 Å². The Balaban J connectivity index is 1.25. The first kappa shape index (κ1) is 22.1. The molecule has 2 aliphatic rings. The number of nitrogens with zero attached hydrogens (tertiary/aromatic N) is 6. The van der Waals surface area contributed by atoms with Gasteiger partial charge < -0.3 is 14.5 Å². The molecule has 0 radical (unpaired) electrons. The zero-order valence-electron chi connectivity index (χ0n) is 19.0. The summed E-state index contributed by atoms with van der Waals surface area (Å²) >= 11 is 0. The van der Waals surface area contributed by atoms with Gasteiger partial charge in [0.15, 0.2) is 0 Å². The van der Waals surface area contributed by atoms with Crippen LogP contribution in [-0.2, 0) is 6.61 Å². The second kappa shape index (κ2) is 10.5. The van der Waals surface area contributed by atoms with E-state index in [-0.39, 0.29) is 5.82 Å². The summed E-state index contributed by atoms with van der Waals surface area (Å²) in [6, 6.07) is 13.9. The van der Waals surface area contributed by atoms with Crippen LogP contribution in [0.5, 0.6) is 5.75 Å². The molecule has 2 fully saturated rings. The Morgan fingerprint density at radius 3 is 2.18 bits per heavy atom. The largest absolute Gasteiger partial charge is 0.489 e. The smallest absolute Gasteiger partial charge is 0.250 e. The summed E-state index contributed by atoms with van der Waals surface area (Å²) in [5.41, 5.74) is 4.76. The van der Waals surface area contributed by atoms with E-state index in [4.69, 9.17) is 9.72 Å². The van der Waals surface area contributed by atoms with Crippen molar-refractivity contribution in [3.63, 3.8) is 0 Å². The highest BCUT2D eigenvalue weighted by Gasteiger charge is 2.21. The Morgan fingerprint density at radius 2 is 1.53 bits per heavy atom. The molecule has 0 aliphatic carbocycles. The van der Waals surface area contributed by atoms with Gasteiger partial charge >= 0.3 is 0 Å². The fourth-order valence-corrected chi connectivity index (χ4v) is 4.12. The van der Waals surface area contributed by atoms with Crippen molar-refractivity contribution in [2.24, 2.45) is 5.10 Å². The van der Waals surface area contributed by atoms with E-state index in [0.29, 0.717) is 30.2 Å². The predicted octanol–water partition coefficient (Wildman–Crippen LogP) is 4.24. The van der Waals surface area contributed by atoms with E-state index >= 15 is 0 Å². The number of ether oxygens (including phenoxy) is 1. The molecule has 2 saturated heterocycles. The molecule has 9 heteroatoms. The van der Waals surface area contributed by atoms with Gasteiger partial charge in [-0.25, -0.2) is 9.82 Å². The highest BCUT2D eigenvalue weighted by atomic mass is 19.1. The van der Waals surface area contributed by atoms with Crippen molar-refractivity contribution in [2.75, 3.05) is 41.4 Å². The van der Waals surface area contributed by atoms with Gasteiger partial charge in [0, 0.05) is 26.2 Å². The highest BCUT2D eigenvalue weighted by Crippen LogP contribution is 2.23. The molecule has 2 aliphatic heterocycles. The van der Waals surface area contributed by atoms with Gasteiger partial charge in [-0.2, -0.15) is 20.1 Å². The average Bonchev–Trinajstić information content (AvgIpc) is 3.59. The van der Waals surface area contributed by atoms with Gasteiger partial charge in [-0.3, -0.25) is 0 Å². The van der Waals surface area contributed by atoms with Crippen LogP contribution in [0.1, 0.15) is 36.8 Å². The molecule has 0 saturated carbocycles. The Hall–Kier alpha value is -3.75. The number of hydrogen-bond acceptors (Lipinski definition) is 8. The first-order chi connectivity index (χ1) is 16.7. The lowest BCUT2D eigenvalue weighted by molar-refractivity contribution is 0.306. The van der Waals surface area contributed by atoms with Crippen molar-refractivity contribution in [1.29, 1.82) is 0 Å². The third-order valence-electron chi connectivity index (χ3n) is 5.94. The van der Waals surface area contributed by atoms with E-state index in [1.54, 1.807) is 18.3 Å². The Bertz CT molecular complexity index is 1090. The van der Waals surface area contributed by atoms with E-state index < -0.39 is 0 Å². The summed E-state index contributed by atoms with van der Waals surface area (Å²) in [4.78, 5) is 18.3. The molecule has 5 rings (SSSR count). The maximum atomic E-state index is 13.1. The zero-order valence-corrected chi connectivity index (χ0v) is 19.0. The van der Waals surface area contributed by atoms with Gasteiger partial charge in [-0.1, -0.05) is 24.3 Å². The molecule has 3 aromatic rings. The van der Waals surface area contributed by atoms with Crippen molar-refractivity contribution in [3.8, 4) is 5.75 Å². The second-order valence-electron chi connectivity index (χ2n) is 8.50. The molecule has 8 nitrogen and oxygen atoms in total. The molecule has 0 atom stereocenters. The molecule has 0 bridgehead atoms. The third kappa shape index (κ3) is 5.59. The number of hydrazone groups is 1. The predicted molar refractivity (Wildman–Crippen MR) is 131 cm³/mol. The summed E-state index contributed by atoms with van der Waals surface area (Å²) in [6.45, 7) is 4.24. The minimum absolute atomic E-state index is 0.257. The van der Waals surface area contributed by atoms with Crippen molar-refractivity contribution < 1.29 is 9.13 Å². The number of nitrogens with one attached hydrogen (secondary N) is 1. The number of aromatic nitrogens is 3. The van der Waals surface area contributed by atoms with Crippen molar-refractivity contribution in [2.45, 2.75) is 32.3 Å². The highest BCUT2D eigenvalue weighted by molar-refractivity contribution is 5.80. The molecule has 1 aromatic heterocycles. The first-order valence-electron chi connectivity index (χ1n) is 11.8. The maximum Gasteiger partial charge on any atom is 0.250 e. The van der Waals surface area contributed by atoms with E-state index in [9.17, 15) is 4.39 Å². The fraction of sp³-hybridized carbons (Fsp3) is 0.360. The van der Waals surface area contributed by atoms with Crippen LogP contribution < -0.4 is 20.0 Å². The number of halogens is 1. The van der Waals surface area contributed by atoms with Crippen LogP contribution in [0.2, 0.25) is 0 Å². The van der Waals surface area contributed by atoms with Gasteiger partial charge in [-0.05, 0) is 61.1 Å². The number of hydrogen-bond donors (Lipinski definition) is 1. The normalized spacial score (nSPS) is 15.9. The van der Waals surface area contributed by atoms with Gasteiger partial charge in [0.05, 0.1) is 6.21 Å². The average molecular weight is 462 g/mol. The zero-order chi connectivity index (χ0) is 23.2. The van der Waals surface area contributed by atoms with Crippen LogP contribution in [0, 0.1) is 5.82 Å². The molecule has 2 aromatic carbocycles. The van der Waals surface area contributed by atoms with Crippen molar-refractivity contribution in [1.82, 2.24) is 15.0 Å². The standard InChI is InChI=1S/C25H28FN7O/c26-21-10-8-19(9-11-21)18-34-22-7-5-6-20(16-22)17-27-31-23-28-24(32-12-1-2-13-32)30-25(29-23)33-14-3-4-15-33/h5-11,16-17H,1-4,12-15,18H2,(H,28,29,30,31)/b27-17+. The van der Waals surface area contributed by atoms with Crippen molar-refractivity contribution in [3.05, 3.63) is 65.5 Å². The number of benzene rings is 2. The third-order valence-corrected chi connectivity index (χ3v) is 5.94. The second-order valence-corrected chi connectivity index (χ2v) is 8.50. The monoisotopic (exact) mass is 461 g/mol. The van der Waals surface area contributed by atoms with Crippen LogP contribution in [0.3, 0.4) is 0 Å². The van der Waals surface area contributed by atoms with E-state index in [0.717, 1.165) is 63.0 Å². The Kier molecular flexibility index (Phi) is 6.78. The van der Waals surface area contributed by atoms with Gasteiger partial charge in [0.1, 0.15) is 18.2 Å². The molecule has 176 valence electrons. The maximum absolute atomic E-state index is 13.1. The van der Waals surface area contributed by atoms with Crippen molar-refractivity contribution >= 4 is 24.1 Å². The fourth-order valence-electron chi connectivity index (χ4n) is 4.12. The molecule has 1 N–H and O–H groups in total. The van der Waals surface area contributed by atoms with E-state index in [1.807, 2.05) is 24.3 Å². The molecule has 34 heavy (non-hydrogen) atoms. The van der Waals surface area contributed by atoms with Crippen LogP contribution in [0.4, 0.5) is 22.2 Å². The van der Waals surface area contributed by atoms with Gasteiger partial charge in [-0.15, -0.1) is 0 Å². The SMILES string of the molecule is Fc1ccc(COc2cccc(/C=N/Nc3nc(N4CCCC4)nc(N4CCCC4)n3)c2)cc1. The van der Waals surface area contributed by atoms with Crippen LogP contribution >= 0.6 is 0 Å². The summed E-state index contributed by atoms with van der Waals surface area (Å²) in [6.07, 6.45) is 6.34. The van der Waals surface area contributed by atoms with Crippen LogP contribution in [0.15, 0.2) is 53.6 Å². The Labute approximate surface area is 198 Å². The molecular formula is C25H28FN7O. The lowest BCUT2D eigenvalue weighted by Gasteiger charge is -2.20.